The lowest BCUT2D eigenvalue weighted by Gasteiger charge is -2.12. The van der Waals surface area contributed by atoms with E-state index in [1.54, 1.807) is 19.2 Å². The number of hydrogen-bond donors (Lipinski definition) is 0. The van der Waals surface area contributed by atoms with Gasteiger partial charge in [0.1, 0.15) is 5.82 Å². The predicted molar refractivity (Wildman–Crippen MR) is 107 cm³/mol. The van der Waals surface area contributed by atoms with Crippen LogP contribution in [0, 0.1) is 0 Å². The number of nitrogens with zero attached hydrogens (tertiary/aromatic N) is 5. The first kappa shape index (κ1) is 17.6. The molecule has 0 aliphatic rings. The van der Waals surface area contributed by atoms with Gasteiger partial charge in [0.05, 0.1) is 6.33 Å². The van der Waals surface area contributed by atoms with Crippen molar-refractivity contribution < 1.29 is 0 Å². The van der Waals surface area contributed by atoms with Gasteiger partial charge in [-0.1, -0.05) is 49.6 Å². The van der Waals surface area contributed by atoms with Crippen molar-refractivity contribution in [3.05, 3.63) is 79.4 Å². The maximum atomic E-state index is 4.89. The van der Waals surface area contributed by atoms with E-state index in [4.69, 9.17) is 9.97 Å². The molecule has 132 valence electrons. The summed E-state index contributed by atoms with van der Waals surface area (Å²) in [4.78, 5) is 14.1. The summed E-state index contributed by atoms with van der Waals surface area (Å²) in [6.45, 7) is 11.9. The third-order valence-electron chi connectivity index (χ3n) is 4.17. The molecule has 2 heterocycles. The van der Waals surface area contributed by atoms with Gasteiger partial charge in [-0.3, -0.25) is 9.56 Å². The Morgan fingerprint density at radius 3 is 2.50 bits per heavy atom. The van der Waals surface area contributed by atoms with E-state index in [1.165, 1.54) is 0 Å². The fourth-order valence-corrected chi connectivity index (χ4v) is 2.95. The first-order valence-corrected chi connectivity index (χ1v) is 8.55. The minimum atomic E-state index is 0.235. The normalized spacial score (nSPS) is 12.8. The number of fused-ring (bicyclic) bond motifs is 1. The van der Waals surface area contributed by atoms with Crippen LogP contribution < -0.4 is 5.49 Å². The van der Waals surface area contributed by atoms with Gasteiger partial charge >= 0.3 is 0 Å². The van der Waals surface area contributed by atoms with Gasteiger partial charge in [0.25, 0.3) is 0 Å². The zero-order valence-corrected chi connectivity index (χ0v) is 15.4. The molecule has 0 aliphatic heterocycles. The second-order valence-electron chi connectivity index (χ2n) is 6.13. The first-order chi connectivity index (χ1) is 12.6. The van der Waals surface area contributed by atoms with Crippen molar-refractivity contribution in [3.8, 4) is 5.69 Å². The maximum Gasteiger partial charge on any atom is 0.170 e. The number of rotatable bonds is 5. The van der Waals surface area contributed by atoms with Crippen LogP contribution in [0.5, 0.6) is 0 Å². The molecular formula is C21H23N5. The maximum absolute atomic E-state index is 4.89. The zero-order valence-electron chi connectivity index (χ0n) is 15.4. The van der Waals surface area contributed by atoms with Crippen LogP contribution >= 0.6 is 0 Å². The summed E-state index contributed by atoms with van der Waals surface area (Å²) in [5.41, 5.74) is 4.20. The lowest BCUT2D eigenvalue weighted by Crippen LogP contribution is -2.24. The Morgan fingerprint density at radius 2 is 1.92 bits per heavy atom. The van der Waals surface area contributed by atoms with Crippen LogP contribution in [0.25, 0.3) is 22.4 Å². The SMILES string of the molecule is C=C/C=C(\C=C)c1nc2c(=NC)n(C(C)C)cnc2n1-c1ccccc1. The van der Waals surface area contributed by atoms with Crippen LogP contribution in [0.2, 0.25) is 0 Å². The average Bonchev–Trinajstić information content (AvgIpc) is 3.05. The lowest BCUT2D eigenvalue weighted by molar-refractivity contribution is 0.564. The molecule has 1 aromatic carbocycles. The molecule has 0 saturated carbocycles. The second-order valence-corrected chi connectivity index (χ2v) is 6.13. The van der Waals surface area contributed by atoms with Gasteiger partial charge in [-0.25, -0.2) is 9.97 Å². The van der Waals surface area contributed by atoms with Crippen LogP contribution in [0.1, 0.15) is 25.7 Å². The molecule has 3 rings (SSSR count). The zero-order chi connectivity index (χ0) is 18.7. The van der Waals surface area contributed by atoms with Crippen molar-refractivity contribution in [1.29, 1.82) is 0 Å². The molecule has 0 N–H and O–H groups in total. The van der Waals surface area contributed by atoms with Gasteiger partial charge in [0.15, 0.2) is 16.7 Å². The summed E-state index contributed by atoms with van der Waals surface area (Å²) in [5.74, 6) is 0.764. The molecule has 0 radical (unpaired) electrons. The molecule has 3 aromatic rings. The quantitative estimate of drug-likeness (QED) is 0.654. The van der Waals surface area contributed by atoms with Gasteiger partial charge in [0.2, 0.25) is 0 Å². The van der Waals surface area contributed by atoms with Crippen molar-refractivity contribution in [1.82, 2.24) is 19.1 Å². The van der Waals surface area contributed by atoms with Gasteiger partial charge in [-0.05, 0) is 26.0 Å². The average molecular weight is 345 g/mol. The van der Waals surface area contributed by atoms with Crippen molar-refractivity contribution in [2.45, 2.75) is 19.9 Å². The molecule has 0 amide bonds. The summed E-state index contributed by atoms with van der Waals surface area (Å²) in [5, 5.41) is 0. The lowest BCUT2D eigenvalue weighted by atomic mass is 10.2. The van der Waals surface area contributed by atoms with Gasteiger partial charge in [-0.2, -0.15) is 0 Å². The van der Waals surface area contributed by atoms with E-state index in [9.17, 15) is 0 Å². The van der Waals surface area contributed by atoms with Gasteiger partial charge < -0.3 is 4.57 Å². The number of hydrogen-bond acceptors (Lipinski definition) is 3. The minimum absolute atomic E-state index is 0.235. The van der Waals surface area contributed by atoms with E-state index in [-0.39, 0.29) is 6.04 Å². The third kappa shape index (κ3) is 2.92. The molecular weight excluding hydrogens is 322 g/mol. The van der Waals surface area contributed by atoms with Crippen molar-refractivity contribution in [2.75, 3.05) is 7.05 Å². The molecule has 0 spiro atoms. The number of benzene rings is 1. The monoisotopic (exact) mass is 345 g/mol. The molecule has 5 heteroatoms. The highest BCUT2D eigenvalue weighted by Crippen LogP contribution is 2.24. The Balaban J connectivity index is 2.48. The molecule has 5 nitrogen and oxygen atoms in total. The smallest absolute Gasteiger partial charge is 0.170 e. The van der Waals surface area contributed by atoms with Crippen molar-refractivity contribution in [3.63, 3.8) is 0 Å². The molecule has 0 unspecified atom stereocenters. The first-order valence-electron chi connectivity index (χ1n) is 8.55. The van der Waals surface area contributed by atoms with Crippen LogP contribution in [0.4, 0.5) is 0 Å². The minimum Gasteiger partial charge on any atom is -0.313 e. The van der Waals surface area contributed by atoms with E-state index in [0.717, 1.165) is 33.7 Å². The highest BCUT2D eigenvalue weighted by atomic mass is 15.2. The number of aromatic nitrogens is 4. The second kappa shape index (κ2) is 7.35. The molecule has 0 fully saturated rings. The molecule has 26 heavy (non-hydrogen) atoms. The largest absolute Gasteiger partial charge is 0.313 e. The predicted octanol–water partition coefficient (Wildman–Crippen LogP) is 4.09. The van der Waals surface area contributed by atoms with Crippen molar-refractivity contribution >= 4 is 16.7 Å². The highest BCUT2D eigenvalue weighted by molar-refractivity contribution is 5.81. The molecule has 0 bridgehead atoms. The molecule has 0 saturated heterocycles. The van der Waals surface area contributed by atoms with E-state index in [2.05, 4.69) is 32.0 Å². The van der Waals surface area contributed by atoms with E-state index in [1.807, 2.05) is 51.9 Å². The van der Waals surface area contributed by atoms with Crippen LogP contribution in [0.15, 0.2) is 73.0 Å². The van der Waals surface area contributed by atoms with Gasteiger partial charge in [0, 0.05) is 24.4 Å². The topological polar surface area (TPSA) is 48.0 Å². The fraction of sp³-hybridized carbons (Fsp3) is 0.190. The summed E-state index contributed by atoms with van der Waals surface area (Å²) in [7, 11) is 1.78. The Morgan fingerprint density at radius 1 is 1.19 bits per heavy atom. The Hall–Kier alpha value is -3.21. The summed E-state index contributed by atoms with van der Waals surface area (Å²) in [6, 6.07) is 10.3. The number of imidazole rings is 1. The Kier molecular flexibility index (Phi) is 4.98. The Bertz CT molecular complexity index is 1050. The van der Waals surface area contributed by atoms with E-state index < -0.39 is 0 Å². The van der Waals surface area contributed by atoms with E-state index in [0.29, 0.717) is 0 Å². The molecule has 0 atom stereocenters. The summed E-state index contributed by atoms with van der Waals surface area (Å²) in [6.07, 6.45) is 7.23. The van der Waals surface area contributed by atoms with Crippen LogP contribution in [0.3, 0.4) is 0 Å². The van der Waals surface area contributed by atoms with E-state index >= 15 is 0 Å². The summed E-state index contributed by atoms with van der Waals surface area (Å²) < 4.78 is 4.06. The highest BCUT2D eigenvalue weighted by Gasteiger charge is 2.18. The summed E-state index contributed by atoms with van der Waals surface area (Å²) >= 11 is 0. The Labute approximate surface area is 153 Å². The molecule has 2 aromatic heterocycles. The van der Waals surface area contributed by atoms with Crippen molar-refractivity contribution in [2.24, 2.45) is 4.99 Å². The fourth-order valence-electron chi connectivity index (χ4n) is 2.95. The van der Waals surface area contributed by atoms with Crippen LogP contribution in [-0.4, -0.2) is 26.1 Å². The standard InChI is InChI=1S/C21H23N5/c1-6-11-16(7-2)19-24-18-20(22-5)25(15(3)4)14-23-21(18)26(19)17-12-9-8-10-13-17/h6-15H,1-2H2,3-5H3/b16-11+,22-20?. The number of para-hydroxylation sites is 1. The third-order valence-corrected chi connectivity index (χ3v) is 4.17. The van der Waals surface area contributed by atoms with Crippen LogP contribution in [-0.2, 0) is 0 Å². The molecule has 0 aliphatic carbocycles. The number of allylic oxidation sites excluding steroid dienone is 4. The van der Waals surface area contributed by atoms with Gasteiger partial charge in [-0.15, -0.1) is 0 Å².